The van der Waals surface area contributed by atoms with Crippen LogP contribution >= 0.6 is 11.3 Å². The number of pyridine rings is 1. The number of aromatic hydroxyl groups is 1. The van der Waals surface area contributed by atoms with Crippen LogP contribution in [0, 0.1) is 31.6 Å². The van der Waals surface area contributed by atoms with Crippen LogP contribution in [0.5, 0.6) is 5.75 Å². The molecule has 2 aromatic heterocycles. The minimum absolute atomic E-state index is 0.171. The molecule has 9 heteroatoms. The van der Waals surface area contributed by atoms with Gasteiger partial charge in [-0.15, -0.1) is 11.3 Å². The van der Waals surface area contributed by atoms with Crippen LogP contribution in [0.2, 0.25) is 0 Å². The van der Waals surface area contributed by atoms with Crippen LogP contribution in [0.4, 0.5) is 0 Å². The lowest BCUT2D eigenvalue weighted by Gasteiger charge is -2.36. The second-order valence-electron chi connectivity index (χ2n) is 11.1. The summed E-state index contributed by atoms with van der Waals surface area (Å²) in [5, 5.41) is 44.4. The molecular weight excluding hydrogens is 552 g/mol. The van der Waals surface area contributed by atoms with Crippen molar-refractivity contribution in [3.05, 3.63) is 92.4 Å². The molecule has 8 nitrogen and oxygen atoms in total. The second kappa shape index (κ2) is 12.7. The fourth-order valence-electron chi connectivity index (χ4n) is 6.43. The molecule has 3 aromatic rings. The van der Waals surface area contributed by atoms with Crippen molar-refractivity contribution in [2.75, 3.05) is 13.2 Å². The number of phenolic OH excluding ortho intramolecular Hbond substituents is 1. The number of rotatable bonds is 10. The number of hydrogen-bond acceptors (Lipinski definition) is 8. The van der Waals surface area contributed by atoms with Crippen LogP contribution in [-0.2, 0) is 16.1 Å². The van der Waals surface area contributed by atoms with Crippen LogP contribution < -0.4 is 0 Å². The summed E-state index contributed by atoms with van der Waals surface area (Å²) >= 11 is 1.47. The lowest BCUT2D eigenvalue weighted by atomic mass is 9.68. The van der Waals surface area contributed by atoms with E-state index in [1.165, 1.54) is 16.2 Å². The van der Waals surface area contributed by atoms with Gasteiger partial charge >= 0.3 is 0 Å². The summed E-state index contributed by atoms with van der Waals surface area (Å²) in [6.45, 7) is 3.08. The van der Waals surface area contributed by atoms with Gasteiger partial charge in [-0.05, 0) is 108 Å². The Balaban J connectivity index is 1.41. The van der Waals surface area contributed by atoms with Crippen molar-refractivity contribution in [3.8, 4) is 5.75 Å². The molecule has 5 rings (SSSR count). The highest BCUT2D eigenvalue weighted by atomic mass is 32.1. The largest absolute Gasteiger partial charge is 0.507 e. The van der Waals surface area contributed by atoms with Gasteiger partial charge in [-0.2, -0.15) is 0 Å². The molecule has 1 saturated heterocycles. The van der Waals surface area contributed by atoms with E-state index in [1.54, 1.807) is 6.20 Å². The molecule has 1 fully saturated rings. The number of allylic oxidation sites excluding steroid dienone is 1. The fourth-order valence-corrected chi connectivity index (χ4v) is 7.13. The van der Waals surface area contributed by atoms with Crippen molar-refractivity contribution >= 4 is 34.8 Å². The summed E-state index contributed by atoms with van der Waals surface area (Å²) in [6.07, 6.45) is 3.49. The van der Waals surface area contributed by atoms with E-state index in [4.69, 9.17) is 0 Å². The molecule has 1 aromatic carbocycles. The number of phenols is 1. The first-order chi connectivity index (χ1) is 20.2. The van der Waals surface area contributed by atoms with Crippen molar-refractivity contribution in [2.45, 2.75) is 45.8 Å². The van der Waals surface area contributed by atoms with Crippen LogP contribution in [0.1, 0.15) is 46.5 Å². The Morgan fingerprint density at radius 2 is 1.88 bits per heavy atom. The molecule has 4 N–H and O–H groups in total. The zero-order valence-electron chi connectivity index (χ0n) is 23.7. The van der Waals surface area contributed by atoms with Gasteiger partial charge < -0.3 is 20.4 Å². The molecule has 1 aliphatic heterocycles. The van der Waals surface area contributed by atoms with E-state index >= 15 is 0 Å². The number of nitrogens with zero attached hydrogens (tertiary/aromatic N) is 2. The highest BCUT2D eigenvalue weighted by Crippen LogP contribution is 2.46. The Kier molecular flexibility index (Phi) is 9.03. The maximum Gasteiger partial charge on any atom is 0.234 e. The average molecular weight is 589 g/mol. The predicted molar refractivity (Wildman–Crippen MR) is 161 cm³/mol. The van der Waals surface area contributed by atoms with Crippen LogP contribution in [0.3, 0.4) is 0 Å². The topological polar surface area (TPSA) is 131 Å². The smallest absolute Gasteiger partial charge is 0.234 e. The molecule has 4 atom stereocenters. The molecule has 0 bridgehead atoms. The number of thiophene rings is 1. The van der Waals surface area contributed by atoms with Gasteiger partial charge in [0.05, 0.1) is 43.4 Å². The number of likely N-dealkylation sites (tertiary alicyclic amines) is 1. The van der Waals surface area contributed by atoms with Gasteiger partial charge in [0.25, 0.3) is 0 Å². The number of aromatic nitrogens is 1. The lowest BCUT2D eigenvalue weighted by Crippen LogP contribution is -2.39. The van der Waals surface area contributed by atoms with Gasteiger partial charge in [0.15, 0.2) is 0 Å². The summed E-state index contributed by atoms with van der Waals surface area (Å²) in [4.78, 5) is 33.5. The zero-order valence-corrected chi connectivity index (χ0v) is 24.6. The van der Waals surface area contributed by atoms with Crippen molar-refractivity contribution in [2.24, 2.45) is 17.8 Å². The van der Waals surface area contributed by atoms with E-state index < -0.39 is 30.5 Å². The van der Waals surface area contributed by atoms with Crippen molar-refractivity contribution in [1.29, 1.82) is 0 Å². The number of imide groups is 1. The predicted octanol–water partition coefficient (Wildman–Crippen LogP) is 4.25. The number of hydrogen-bond donors (Lipinski definition) is 4. The molecule has 2 amide bonds. The van der Waals surface area contributed by atoms with Gasteiger partial charge in [-0.3, -0.25) is 19.5 Å². The number of carbonyl (C=O) groups is 2. The second-order valence-corrected chi connectivity index (χ2v) is 12.2. The van der Waals surface area contributed by atoms with Gasteiger partial charge in [0, 0.05) is 17.0 Å². The number of aryl methyl sites for hydroxylation is 2. The maximum atomic E-state index is 13.5. The molecule has 42 heavy (non-hydrogen) atoms. The molecule has 2 aliphatic rings. The van der Waals surface area contributed by atoms with Crippen LogP contribution in [0.15, 0.2) is 65.2 Å². The van der Waals surface area contributed by atoms with E-state index in [0.29, 0.717) is 17.6 Å². The molecule has 0 unspecified atom stereocenters. The number of fused-ring (bicyclic) bond motifs is 1. The Hall–Kier alpha value is -3.63. The minimum atomic E-state index is -1.05. The highest BCUT2D eigenvalue weighted by molar-refractivity contribution is 7.09. The maximum absolute atomic E-state index is 13.5. The van der Waals surface area contributed by atoms with E-state index in [2.05, 4.69) is 4.98 Å². The first-order valence-corrected chi connectivity index (χ1v) is 15.0. The molecular formula is C33H36N2O6S. The number of carbonyl (C=O) groups excluding carboxylic acids is 2. The third kappa shape index (κ3) is 5.83. The van der Waals surface area contributed by atoms with Crippen molar-refractivity contribution < 1.29 is 30.0 Å². The van der Waals surface area contributed by atoms with Crippen LogP contribution in [0.25, 0.3) is 11.6 Å². The Labute approximate surface area is 249 Å². The monoisotopic (exact) mass is 588 g/mol. The summed E-state index contributed by atoms with van der Waals surface area (Å²) in [7, 11) is 0. The first-order valence-electron chi connectivity index (χ1n) is 14.1. The molecule has 0 spiro atoms. The standard InChI is InChI=1S/C33H36N2O6S/c1-19-12-21(13-20(2)31(19)39)14-22(27-7-3-4-10-34-27)8-9-28(38)29-23(17-36)15-25-30(26(29)18-37)33(41)35(32(25)40)16-24-6-5-11-42-24/h3-7,10-14,25-26,28,30,36-39H,8-9,15-18H2,1-2H3/b22-14-/t25-,26+,28-,30-/m1/s1. The van der Waals surface area contributed by atoms with Gasteiger partial charge in [0.2, 0.25) is 11.8 Å². The number of amides is 2. The fraction of sp³-hybridized carbons (Fsp3) is 0.364. The lowest BCUT2D eigenvalue weighted by molar-refractivity contribution is -0.140. The molecule has 0 saturated carbocycles. The zero-order chi connectivity index (χ0) is 30.0. The van der Waals surface area contributed by atoms with E-state index in [1.807, 2.05) is 67.8 Å². The number of aliphatic hydroxyl groups excluding tert-OH is 3. The third-order valence-corrected chi connectivity index (χ3v) is 9.31. The molecule has 3 heterocycles. The quantitative estimate of drug-likeness (QED) is 0.206. The first kappa shape index (κ1) is 29.8. The summed E-state index contributed by atoms with van der Waals surface area (Å²) < 4.78 is 0. The van der Waals surface area contributed by atoms with Crippen LogP contribution in [-0.4, -0.2) is 61.4 Å². The third-order valence-electron chi connectivity index (χ3n) is 8.45. The van der Waals surface area contributed by atoms with Gasteiger partial charge in [-0.25, -0.2) is 0 Å². The summed E-state index contributed by atoms with van der Waals surface area (Å²) in [5.41, 5.74) is 4.98. The Morgan fingerprint density at radius 1 is 1.12 bits per heavy atom. The van der Waals surface area contributed by atoms with E-state index in [9.17, 15) is 30.0 Å². The normalized spacial score (nSPS) is 21.7. The highest BCUT2D eigenvalue weighted by Gasteiger charge is 2.54. The summed E-state index contributed by atoms with van der Waals surface area (Å²) in [6, 6.07) is 13.1. The van der Waals surface area contributed by atoms with Crippen molar-refractivity contribution in [1.82, 2.24) is 9.88 Å². The molecule has 0 radical (unpaired) electrons. The summed E-state index contributed by atoms with van der Waals surface area (Å²) in [5.74, 6) is -2.60. The molecule has 1 aliphatic carbocycles. The number of aliphatic hydroxyl groups is 3. The van der Waals surface area contributed by atoms with Gasteiger partial charge in [-0.1, -0.05) is 12.1 Å². The Morgan fingerprint density at radius 3 is 2.50 bits per heavy atom. The van der Waals surface area contributed by atoms with E-state index in [-0.39, 0.29) is 43.6 Å². The average Bonchev–Trinajstić information content (AvgIpc) is 3.60. The number of benzene rings is 1. The molecule has 220 valence electrons. The van der Waals surface area contributed by atoms with E-state index in [0.717, 1.165) is 32.8 Å². The van der Waals surface area contributed by atoms with Crippen molar-refractivity contribution in [3.63, 3.8) is 0 Å². The van der Waals surface area contributed by atoms with Gasteiger partial charge in [0.1, 0.15) is 5.75 Å². The minimum Gasteiger partial charge on any atom is -0.507 e. The SMILES string of the molecule is Cc1cc(/C=C(/CC[C@@H](O)C2=C(CO)C[C@H]3C(=O)N(Cc4cccs4)C(=O)[C@H]3[C@H]2CO)c2ccccn2)cc(C)c1O. The Bertz CT molecular complexity index is 1490.